The van der Waals surface area contributed by atoms with Crippen LogP contribution >= 0.6 is 11.3 Å². The number of aromatic nitrogens is 1. The van der Waals surface area contributed by atoms with Gasteiger partial charge in [0.15, 0.2) is 10.9 Å². The second-order valence-electron chi connectivity index (χ2n) is 5.66. The minimum Gasteiger partial charge on any atom is -0.497 e. The van der Waals surface area contributed by atoms with Crippen LogP contribution in [0.5, 0.6) is 5.75 Å². The summed E-state index contributed by atoms with van der Waals surface area (Å²) in [6.45, 7) is 0. The number of hydrogen-bond acceptors (Lipinski definition) is 6. The molecule has 1 aliphatic carbocycles. The number of fused-ring (bicyclic) bond motifs is 1. The lowest BCUT2D eigenvalue weighted by Gasteiger charge is -2.04. The summed E-state index contributed by atoms with van der Waals surface area (Å²) in [6, 6.07) is 6.51. The molecule has 1 fully saturated rings. The third-order valence-corrected chi connectivity index (χ3v) is 4.71. The van der Waals surface area contributed by atoms with Crippen molar-refractivity contribution in [3.05, 3.63) is 51.5 Å². The number of nitrogens with one attached hydrogen (secondary N) is 1. The number of methoxy groups -OCH3 is 1. The minimum atomic E-state index is -0.557. The Labute approximate surface area is 141 Å². The highest BCUT2D eigenvalue weighted by Crippen LogP contribution is 2.40. The molecule has 1 N–H and O–H groups in total. The molecule has 1 aromatic carbocycles. The molecule has 3 aromatic rings. The Morgan fingerprint density at radius 2 is 2.21 bits per heavy atom. The Bertz CT molecular complexity index is 988. The minimum absolute atomic E-state index is 0.0519. The van der Waals surface area contributed by atoms with Crippen LogP contribution in [0.2, 0.25) is 0 Å². The molecule has 0 spiro atoms. The normalized spacial score (nSPS) is 13.9. The van der Waals surface area contributed by atoms with Gasteiger partial charge in [0.25, 0.3) is 5.91 Å². The van der Waals surface area contributed by atoms with Crippen molar-refractivity contribution in [1.29, 1.82) is 0 Å². The second kappa shape index (κ2) is 5.76. The maximum absolute atomic E-state index is 12.4. The van der Waals surface area contributed by atoms with E-state index in [1.165, 1.54) is 17.4 Å². The van der Waals surface area contributed by atoms with Gasteiger partial charge >= 0.3 is 5.63 Å². The van der Waals surface area contributed by atoms with Gasteiger partial charge < -0.3 is 9.15 Å². The van der Waals surface area contributed by atoms with Crippen LogP contribution in [-0.2, 0) is 0 Å². The highest BCUT2D eigenvalue weighted by molar-refractivity contribution is 7.14. The summed E-state index contributed by atoms with van der Waals surface area (Å²) in [5.74, 6) is 0.587. The van der Waals surface area contributed by atoms with Gasteiger partial charge in [0.2, 0.25) is 0 Å². The summed E-state index contributed by atoms with van der Waals surface area (Å²) >= 11 is 1.37. The first-order valence-electron chi connectivity index (χ1n) is 7.53. The fourth-order valence-electron chi connectivity index (χ4n) is 2.48. The number of carbonyl (C=O) groups is 1. The number of amides is 1. The molecule has 2 heterocycles. The van der Waals surface area contributed by atoms with Gasteiger partial charge in [-0.05, 0) is 42.5 Å². The number of nitrogens with zero attached hydrogens (tertiary/aromatic N) is 1. The van der Waals surface area contributed by atoms with Crippen molar-refractivity contribution in [2.24, 2.45) is 0 Å². The number of hydrogen-bond donors (Lipinski definition) is 1. The van der Waals surface area contributed by atoms with E-state index in [9.17, 15) is 9.59 Å². The van der Waals surface area contributed by atoms with Gasteiger partial charge in [-0.3, -0.25) is 10.1 Å². The molecule has 1 saturated carbocycles. The zero-order chi connectivity index (χ0) is 16.7. The van der Waals surface area contributed by atoms with Gasteiger partial charge in [-0.25, -0.2) is 9.78 Å². The summed E-state index contributed by atoms with van der Waals surface area (Å²) in [6.07, 6.45) is 2.30. The van der Waals surface area contributed by atoms with Gasteiger partial charge in [0.05, 0.1) is 18.2 Å². The van der Waals surface area contributed by atoms with E-state index in [0.717, 1.165) is 18.5 Å². The predicted octanol–water partition coefficient (Wildman–Crippen LogP) is 3.39. The van der Waals surface area contributed by atoms with E-state index in [1.807, 2.05) is 5.38 Å². The summed E-state index contributed by atoms with van der Waals surface area (Å²) in [5, 5.41) is 6.14. The maximum Gasteiger partial charge on any atom is 0.344 e. The Morgan fingerprint density at radius 3 is 2.96 bits per heavy atom. The number of ether oxygens (including phenoxy) is 1. The quantitative estimate of drug-likeness (QED) is 0.786. The molecule has 1 aliphatic rings. The van der Waals surface area contributed by atoms with E-state index in [-0.39, 0.29) is 5.76 Å². The van der Waals surface area contributed by atoms with E-state index in [1.54, 1.807) is 25.3 Å². The van der Waals surface area contributed by atoms with Crippen molar-refractivity contribution in [1.82, 2.24) is 4.98 Å². The molecule has 6 nitrogen and oxygen atoms in total. The predicted molar refractivity (Wildman–Crippen MR) is 91.1 cm³/mol. The molecule has 0 aliphatic heterocycles. The third kappa shape index (κ3) is 2.78. The molecule has 122 valence electrons. The molecule has 0 bridgehead atoms. The van der Waals surface area contributed by atoms with Crippen LogP contribution in [0.15, 0.2) is 38.9 Å². The summed E-state index contributed by atoms with van der Waals surface area (Å²) in [4.78, 5) is 28.8. The molecular weight excluding hydrogens is 328 g/mol. The van der Waals surface area contributed by atoms with E-state index < -0.39 is 11.5 Å². The monoisotopic (exact) mass is 342 g/mol. The van der Waals surface area contributed by atoms with E-state index in [2.05, 4.69) is 10.3 Å². The SMILES string of the molecule is COc1ccc2c(=O)oc(C(=O)Nc3nc(C4CC4)cs3)cc2c1. The van der Waals surface area contributed by atoms with Gasteiger partial charge in [-0.2, -0.15) is 0 Å². The van der Waals surface area contributed by atoms with Crippen LogP contribution in [0.25, 0.3) is 10.8 Å². The lowest BCUT2D eigenvalue weighted by molar-refractivity contribution is 0.0993. The Kier molecular flexibility index (Phi) is 3.57. The highest BCUT2D eigenvalue weighted by Gasteiger charge is 2.26. The molecule has 0 unspecified atom stereocenters. The number of carbonyl (C=O) groups excluding carboxylic acids is 1. The first-order valence-corrected chi connectivity index (χ1v) is 8.40. The summed E-state index contributed by atoms with van der Waals surface area (Å²) in [5.41, 5.74) is 0.457. The van der Waals surface area contributed by atoms with E-state index >= 15 is 0 Å². The molecule has 2 aromatic heterocycles. The first-order chi connectivity index (χ1) is 11.6. The molecule has 4 rings (SSSR count). The van der Waals surface area contributed by atoms with Crippen LogP contribution < -0.4 is 15.7 Å². The number of anilines is 1. The Morgan fingerprint density at radius 1 is 1.38 bits per heavy atom. The van der Waals surface area contributed by atoms with Crippen molar-refractivity contribution in [2.75, 3.05) is 12.4 Å². The zero-order valence-electron chi connectivity index (χ0n) is 12.9. The van der Waals surface area contributed by atoms with Crippen molar-refractivity contribution >= 4 is 33.1 Å². The average Bonchev–Trinajstić information content (AvgIpc) is 3.34. The van der Waals surface area contributed by atoms with Crippen molar-refractivity contribution in [2.45, 2.75) is 18.8 Å². The van der Waals surface area contributed by atoms with Gasteiger partial charge in [-0.1, -0.05) is 0 Å². The van der Waals surface area contributed by atoms with Crippen molar-refractivity contribution in [3.63, 3.8) is 0 Å². The number of rotatable bonds is 4. The van der Waals surface area contributed by atoms with Crippen molar-refractivity contribution < 1.29 is 13.9 Å². The third-order valence-electron chi connectivity index (χ3n) is 3.93. The van der Waals surface area contributed by atoms with Crippen LogP contribution in [0, 0.1) is 0 Å². The molecule has 7 heteroatoms. The maximum atomic E-state index is 12.4. The fraction of sp³-hybridized carbons (Fsp3) is 0.235. The molecule has 1 amide bonds. The topological polar surface area (TPSA) is 81.4 Å². The van der Waals surface area contributed by atoms with Crippen LogP contribution in [0.4, 0.5) is 5.13 Å². The smallest absolute Gasteiger partial charge is 0.344 e. The molecule has 24 heavy (non-hydrogen) atoms. The lowest BCUT2D eigenvalue weighted by atomic mass is 10.1. The van der Waals surface area contributed by atoms with Crippen molar-refractivity contribution in [3.8, 4) is 5.75 Å². The summed E-state index contributed by atoms with van der Waals surface area (Å²) in [7, 11) is 1.54. The van der Waals surface area contributed by atoms with Gasteiger partial charge in [0.1, 0.15) is 5.75 Å². The van der Waals surface area contributed by atoms with Crippen LogP contribution in [-0.4, -0.2) is 18.0 Å². The lowest BCUT2D eigenvalue weighted by Crippen LogP contribution is -2.15. The average molecular weight is 342 g/mol. The number of benzene rings is 1. The molecular formula is C17H14N2O4S. The molecule has 0 radical (unpaired) electrons. The zero-order valence-corrected chi connectivity index (χ0v) is 13.7. The second-order valence-corrected chi connectivity index (χ2v) is 6.52. The standard InChI is InChI=1S/C17H14N2O4S/c1-22-11-4-5-12-10(6-11)7-14(23-16(12)21)15(20)19-17-18-13(8-24-17)9-2-3-9/h4-9H,2-3H2,1H3,(H,18,19,20). The summed E-state index contributed by atoms with van der Waals surface area (Å²) < 4.78 is 10.3. The molecule has 0 atom stereocenters. The van der Waals surface area contributed by atoms with Gasteiger partial charge in [0, 0.05) is 11.3 Å². The van der Waals surface area contributed by atoms with E-state index in [0.29, 0.717) is 27.6 Å². The van der Waals surface area contributed by atoms with E-state index in [4.69, 9.17) is 9.15 Å². The van der Waals surface area contributed by atoms with Crippen LogP contribution in [0.1, 0.15) is 35.0 Å². The fourth-order valence-corrected chi connectivity index (χ4v) is 3.27. The largest absolute Gasteiger partial charge is 0.497 e. The Balaban J connectivity index is 1.64. The number of thiazole rings is 1. The first kappa shape index (κ1) is 14.9. The van der Waals surface area contributed by atoms with Gasteiger partial charge in [-0.15, -0.1) is 11.3 Å². The highest BCUT2D eigenvalue weighted by atomic mass is 32.1. The molecule has 0 saturated heterocycles. The Hall–Kier alpha value is -2.67. The van der Waals surface area contributed by atoms with Crippen LogP contribution in [0.3, 0.4) is 0 Å².